The molecule has 0 bridgehead atoms. The van der Waals surface area contributed by atoms with Crippen molar-refractivity contribution in [2.24, 2.45) is 0 Å². The summed E-state index contributed by atoms with van der Waals surface area (Å²) < 4.78 is 33.3. The van der Waals surface area contributed by atoms with E-state index in [9.17, 15) is 13.0 Å². The fourth-order valence-corrected chi connectivity index (χ4v) is 2.31. The average molecular weight is 259 g/mol. The molecule has 1 heterocycles. The van der Waals surface area contributed by atoms with Crippen molar-refractivity contribution in [2.45, 2.75) is 11.8 Å². The van der Waals surface area contributed by atoms with E-state index >= 15 is 0 Å². The van der Waals surface area contributed by atoms with Gasteiger partial charge in [0, 0.05) is 17.5 Å². The summed E-state index contributed by atoms with van der Waals surface area (Å²) >= 11 is 0. The van der Waals surface area contributed by atoms with Crippen LogP contribution in [0.5, 0.6) is 0 Å². The van der Waals surface area contributed by atoms with Crippen LogP contribution in [-0.2, 0) is 10.1 Å². The molecule has 0 saturated carbocycles. The van der Waals surface area contributed by atoms with Gasteiger partial charge in [0.1, 0.15) is 10.1 Å². The Balaban J connectivity index is 0.00000144. The van der Waals surface area contributed by atoms with Crippen LogP contribution in [0.25, 0.3) is 11.3 Å². The molecule has 6 heteroatoms. The maximum Gasteiger partial charge on any atom is 1.00 e. The van der Waals surface area contributed by atoms with Gasteiger partial charge in [0.2, 0.25) is 0 Å². The number of aromatic amines is 1. The number of aromatic nitrogens is 1. The molecule has 1 N–H and O–H groups in total. The number of rotatable bonds is 2. The van der Waals surface area contributed by atoms with Crippen molar-refractivity contribution < 1.29 is 42.5 Å². The normalized spacial score (nSPS) is 10.9. The zero-order chi connectivity index (χ0) is 11.8. The molecular weight excluding hydrogens is 249 g/mol. The van der Waals surface area contributed by atoms with Crippen molar-refractivity contribution in [3.05, 3.63) is 42.1 Å². The summed E-state index contributed by atoms with van der Waals surface area (Å²) in [6, 6.07) is 7.99. The zero-order valence-electron chi connectivity index (χ0n) is 9.60. The van der Waals surface area contributed by atoms with E-state index in [2.05, 4.69) is 4.98 Å². The fourth-order valence-electron chi connectivity index (χ4n) is 1.63. The maximum atomic E-state index is 11.1. The Morgan fingerprint density at radius 1 is 1.18 bits per heavy atom. The van der Waals surface area contributed by atoms with E-state index in [1.807, 2.05) is 13.0 Å². The molecule has 0 aliphatic heterocycles. The van der Waals surface area contributed by atoms with Crippen molar-refractivity contribution in [2.75, 3.05) is 0 Å². The molecule has 0 aliphatic rings. The number of hydrogen-bond donors (Lipinski definition) is 1. The summed E-state index contributed by atoms with van der Waals surface area (Å²) in [6.45, 7) is 1.85. The summed E-state index contributed by atoms with van der Waals surface area (Å²) in [5.74, 6) is 0. The Bertz CT molecular complexity index is 619. The quantitative estimate of drug-likeness (QED) is 0.549. The Labute approximate surface area is 122 Å². The Morgan fingerprint density at radius 2 is 1.82 bits per heavy atom. The van der Waals surface area contributed by atoms with Gasteiger partial charge in [-0.15, -0.1) is 0 Å². The van der Waals surface area contributed by atoms with E-state index < -0.39 is 10.1 Å². The van der Waals surface area contributed by atoms with Crippen LogP contribution in [0.1, 0.15) is 5.56 Å². The number of aryl methyl sites for hydroxylation is 1. The van der Waals surface area contributed by atoms with E-state index in [-0.39, 0.29) is 34.5 Å². The molecule has 4 nitrogen and oxygen atoms in total. The number of benzene rings is 1. The predicted octanol–water partition coefficient (Wildman–Crippen LogP) is -1.10. The molecule has 0 spiro atoms. The molecule has 0 amide bonds. The first-order chi connectivity index (χ1) is 7.50. The monoisotopic (exact) mass is 259 g/mol. The summed E-state index contributed by atoms with van der Waals surface area (Å²) in [6.07, 6.45) is 1.71. The summed E-state index contributed by atoms with van der Waals surface area (Å²) in [4.78, 5) is 2.74. The molecule has 2 aromatic rings. The van der Waals surface area contributed by atoms with Crippen molar-refractivity contribution in [1.82, 2.24) is 4.98 Å². The largest absolute Gasteiger partial charge is 1.00 e. The molecule has 1 aromatic carbocycles. The van der Waals surface area contributed by atoms with Gasteiger partial charge in [-0.05, 0) is 24.6 Å². The third kappa shape index (κ3) is 3.00. The molecule has 0 radical (unpaired) electrons. The molecular formula is C11H10NNaO3S. The first-order valence-corrected chi connectivity index (χ1v) is 6.10. The molecule has 2 rings (SSSR count). The van der Waals surface area contributed by atoms with Crippen LogP contribution in [0.2, 0.25) is 0 Å². The third-order valence-electron chi connectivity index (χ3n) is 2.38. The minimum absolute atomic E-state index is 0. The van der Waals surface area contributed by atoms with Crippen LogP contribution in [0, 0.1) is 6.92 Å². The van der Waals surface area contributed by atoms with Crippen LogP contribution in [-0.4, -0.2) is 18.0 Å². The standard InChI is InChI=1S/C11H11NO3S.Na/c1-8-6-7-12-11(8)9-4-2-3-5-10(9)16(13,14)15;/h2-7,12H,1H3,(H,13,14,15);/q;+1/p-1. The Morgan fingerprint density at radius 3 is 2.35 bits per heavy atom. The average Bonchev–Trinajstić information content (AvgIpc) is 2.63. The fraction of sp³-hybridized carbons (Fsp3) is 0.0909. The van der Waals surface area contributed by atoms with E-state index in [4.69, 9.17) is 0 Å². The van der Waals surface area contributed by atoms with Gasteiger partial charge in [0.25, 0.3) is 0 Å². The van der Waals surface area contributed by atoms with E-state index in [1.54, 1.807) is 18.3 Å². The molecule has 1 aromatic heterocycles. The van der Waals surface area contributed by atoms with Gasteiger partial charge >= 0.3 is 29.6 Å². The van der Waals surface area contributed by atoms with Crippen LogP contribution in [0.4, 0.5) is 0 Å². The van der Waals surface area contributed by atoms with E-state index in [0.717, 1.165) is 5.56 Å². The van der Waals surface area contributed by atoms with Gasteiger partial charge < -0.3 is 9.54 Å². The number of H-pyrrole nitrogens is 1. The first-order valence-electron chi connectivity index (χ1n) is 4.69. The van der Waals surface area contributed by atoms with Crippen LogP contribution in [0.3, 0.4) is 0 Å². The number of hydrogen-bond acceptors (Lipinski definition) is 3. The second-order valence-corrected chi connectivity index (χ2v) is 4.83. The van der Waals surface area contributed by atoms with Gasteiger partial charge in [-0.25, -0.2) is 8.42 Å². The smallest absolute Gasteiger partial charge is 0.744 e. The maximum absolute atomic E-state index is 11.1. The van der Waals surface area contributed by atoms with Gasteiger partial charge in [0.05, 0.1) is 4.90 Å². The second-order valence-electron chi connectivity index (χ2n) is 3.49. The molecule has 0 saturated heterocycles. The third-order valence-corrected chi connectivity index (χ3v) is 3.28. The molecule has 0 atom stereocenters. The van der Waals surface area contributed by atoms with Gasteiger partial charge in [-0.1, -0.05) is 18.2 Å². The van der Waals surface area contributed by atoms with Crippen molar-refractivity contribution in [3.63, 3.8) is 0 Å². The second kappa shape index (κ2) is 5.37. The first kappa shape index (κ1) is 14.5. The Kier molecular flexibility index (Phi) is 4.57. The van der Waals surface area contributed by atoms with E-state index in [0.29, 0.717) is 11.3 Å². The number of nitrogens with one attached hydrogen (secondary N) is 1. The van der Waals surface area contributed by atoms with E-state index in [1.165, 1.54) is 12.1 Å². The minimum Gasteiger partial charge on any atom is -0.744 e. The minimum atomic E-state index is -4.45. The molecule has 17 heavy (non-hydrogen) atoms. The molecule has 0 unspecified atom stereocenters. The molecule has 84 valence electrons. The topological polar surface area (TPSA) is 73.0 Å². The summed E-state index contributed by atoms with van der Waals surface area (Å²) in [5.41, 5.74) is 1.98. The summed E-state index contributed by atoms with van der Waals surface area (Å²) in [5, 5.41) is 0. The van der Waals surface area contributed by atoms with Gasteiger partial charge in [0.15, 0.2) is 0 Å². The molecule has 0 fully saturated rings. The summed E-state index contributed by atoms with van der Waals surface area (Å²) in [7, 11) is -4.45. The predicted molar refractivity (Wildman–Crippen MR) is 58.9 cm³/mol. The Hall–Kier alpha value is -0.590. The zero-order valence-corrected chi connectivity index (χ0v) is 12.4. The van der Waals surface area contributed by atoms with Crippen LogP contribution in [0.15, 0.2) is 41.4 Å². The van der Waals surface area contributed by atoms with Crippen molar-refractivity contribution in [1.29, 1.82) is 0 Å². The van der Waals surface area contributed by atoms with Crippen molar-refractivity contribution >= 4 is 10.1 Å². The van der Waals surface area contributed by atoms with Gasteiger partial charge in [-0.2, -0.15) is 0 Å². The van der Waals surface area contributed by atoms with Crippen LogP contribution < -0.4 is 29.6 Å². The SMILES string of the molecule is Cc1cc[nH]c1-c1ccccc1S(=O)(=O)[O-].[Na+]. The van der Waals surface area contributed by atoms with Crippen molar-refractivity contribution in [3.8, 4) is 11.3 Å². The van der Waals surface area contributed by atoms with Crippen LogP contribution >= 0.6 is 0 Å². The molecule has 0 aliphatic carbocycles. The van der Waals surface area contributed by atoms with Gasteiger partial charge in [-0.3, -0.25) is 0 Å².